The molecule has 0 saturated heterocycles. The van der Waals surface area contributed by atoms with Crippen LogP contribution in [0.5, 0.6) is 0 Å². The lowest BCUT2D eigenvalue weighted by atomic mass is 10.2. The molecule has 1 aromatic rings. The first-order valence-electron chi connectivity index (χ1n) is 3.56. The Bertz CT molecular complexity index is 280. The van der Waals surface area contributed by atoms with Crippen LogP contribution >= 0.6 is 11.3 Å². The van der Waals surface area contributed by atoms with Crippen LogP contribution in [0.1, 0.15) is 22.3 Å². The number of aliphatic carboxylic acids is 1. The second-order valence-electron chi connectivity index (χ2n) is 2.56. The fourth-order valence-corrected chi connectivity index (χ4v) is 1.76. The number of aliphatic hydroxyl groups is 1. The SMILES string of the molecule is Cc1ccc(C(O)CC(=O)O)s1. The Balaban J connectivity index is 2.64. The Morgan fingerprint density at radius 3 is 2.75 bits per heavy atom. The third kappa shape index (κ3) is 2.32. The number of rotatable bonds is 3. The van der Waals surface area contributed by atoms with Gasteiger partial charge in [0.1, 0.15) is 0 Å². The minimum absolute atomic E-state index is 0.222. The fourth-order valence-electron chi connectivity index (χ4n) is 0.899. The second-order valence-corrected chi connectivity index (χ2v) is 3.88. The number of carboxylic acids is 1. The van der Waals surface area contributed by atoms with Gasteiger partial charge < -0.3 is 10.2 Å². The summed E-state index contributed by atoms with van der Waals surface area (Å²) in [4.78, 5) is 12.0. The van der Waals surface area contributed by atoms with Gasteiger partial charge in [0.2, 0.25) is 0 Å². The van der Waals surface area contributed by atoms with Gasteiger partial charge in [0.05, 0.1) is 12.5 Å². The van der Waals surface area contributed by atoms with Crippen LogP contribution in [0.25, 0.3) is 0 Å². The largest absolute Gasteiger partial charge is 0.481 e. The summed E-state index contributed by atoms with van der Waals surface area (Å²) in [5.41, 5.74) is 0. The number of carbonyl (C=O) groups is 1. The van der Waals surface area contributed by atoms with E-state index in [0.717, 1.165) is 9.75 Å². The van der Waals surface area contributed by atoms with Crippen molar-refractivity contribution >= 4 is 17.3 Å². The highest BCUT2D eigenvalue weighted by atomic mass is 32.1. The van der Waals surface area contributed by atoms with Crippen LogP contribution in [0, 0.1) is 6.92 Å². The predicted molar refractivity (Wildman–Crippen MR) is 46.3 cm³/mol. The summed E-state index contributed by atoms with van der Waals surface area (Å²) in [5.74, 6) is -0.978. The maximum atomic E-state index is 10.2. The van der Waals surface area contributed by atoms with Crippen LogP contribution in [0.4, 0.5) is 0 Å². The molecule has 0 saturated carbocycles. The third-order valence-corrected chi connectivity index (χ3v) is 2.56. The summed E-state index contributed by atoms with van der Waals surface area (Å²) in [5, 5.41) is 17.7. The lowest BCUT2D eigenvalue weighted by molar-refractivity contribution is -0.139. The molecule has 0 spiro atoms. The van der Waals surface area contributed by atoms with Gasteiger partial charge in [-0.1, -0.05) is 0 Å². The van der Waals surface area contributed by atoms with E-state index in [4.69, 9.17) is 5.11 Å². The van der Waals surface area contributed by atoms with Gasteiger partial charge in [-0.15, -0.1) is 11.3 Å². The molecule has 1 heterocycles. The van der Waals surface area contributed by atoms with Gasteiger partial charge in [0.25, 0.3) is 0 Å². The zero-order valence-electron chi connectivity index (χ0n) is 6.65. The molecular formula is C8H10O3S. The molecule has 12 heavy (non-hydrogen) atoms. The number of hydrogen-bond acceptors (Lipinski definition) is 3. The molecule has 3 nitrogen and oxygen atoms in total. The maximum Gasteiger partial charge on any atom is 0.306 e. The first kappa shape index (κ1) is 9.22. The van der Waals surface area contributed by atoms with E-state index in [0.29, 0.717) is 0 Å². The van der Waals surface area contributed by atoms with Crippen LogP contribution < -0.4 is 0 Å². The summed E-state index contributed by atoms with van der Waals surface area (Å²) < 4.78 is 0. The summed E-state index contributed by atoms with van der Waals surface area (Å²) in [6.45, 7) is 1.92. The van der Waals surface area contributed by atoms with Gasteiger partial charge in [-0.05, 0) is 19.1 Å². The zero-order valence-corrected chi connectivity index (χ0v) is 7.47. The molecule has 0 amide bonds. The van der Waals surface area contributed by atoms with Gasteiger partial charge in [-0.25, -0.2) is 0 Å². The van der Waals surface area contributed by atoms with Crippen molar-refractivity contribution in [1.29, 1.82) is 0 Å². The summed E-state index contributed by atoms with van der Waals surface area (Å²) >= 11 is 1.42. The Morgan fingerprint density at radius 1 is 1.67 bits per heavy atom. The van der Waals surface area contributed by atoms with Crippen LogP contribution in [-0.2, 0) is 4.79 Å². The smallest absolute Gasteiger partial charge is 0.306 e. The van der Waals surface area contributed by atoms with E-state index in [1.54, 1.807) is 6.07 Å². The molecule has 0 bridgehead atoms. The van der Waals surface area contributed by atoms with Crippen molar-refractivity contribution in [3.63, 3.8) is 0 Å². The van der Waals surface area contributed by atoms with E-state index in [9.17, 15) is 9.90 Å². The van der Waals surface area contributed by atoms with E-state index in [-0.39, 0.29) is 6.42 Å². The Labute approximate surface area is 74.3 Å². The second kappa shape index (κ2) is 3.69. The number of thiophene rings is 1. The first-order chi connectivity index (χ1) is 5.59. The molecule has 0 aliphatic carbocycles. The molecule has 0 radical (unpaired) electrons. The topological polar surface area (TPSA) is 57.5 Å². The van der Waals surface area contributed by atoms with Gasteiger partial charge >= 0.3 is 5.97 Å². The summed E-state index contributed by atoms with van der Waals surface area (Å²) in [6.07, 6.45) is -1.08. The molecular weight excluding hydrogens is 176 g/mol. The number of aliphatic hydroxyl groups excluding tert-OH is 1. The molecule has 1 unspecified atom stereocenters. The monoisotopic (exact) mass is 186 g/mol. The Hall–Kier alpha value is -0.870. The molecule has 1 atom stereocenters. The number of hydrogen-bond donors (Lipinski definition) is 2. The van der Waals surface area contributed by atoms with E-state index >= 15 is 0 Å². The minimum atomic E-state index is -0.978. The van der Waals surface area contributed by atoms with Crippen LogP contribution in [0.2, 0.25) is 0 Å². The molecule has 1 rings (SSSR count). The highest BCUT2D eigenvalue weighted by molar-refractivity contribution is 7.12. The van der Waals surface area contributed by atoms with Crippen LogP contribution in [0.15, 0.2) is 12.1 Å². The Morgan fingerprint density at radius 2 is 2.33 bits per heavy atom. The van der Waals surface area contributed by atoms with Crippen molar-refractivity contribution in [2.75, 3.05) is 0 Å². The third-order valence-electron chi connectivity index (χ3n) is 1.46. The van der Waals surface area contributed by atoms with Gasteiger partial charge in [-0.2, -0.15) is 0 Å². The van der Waals surface area contributed by atoms with E-state index < -0.39 is 12.1 Å². The summed E-state index contributed by atoms with van der Waals surface area (Å²) in [6, 6.07) is 3.62. The van der Waals surface area contributed by atoms with E-state index in [2.05, 4.69) is 0 Å². The average Bonchev–Trinajstić information content (AvgIpc) is 2.34. The quantitative estimate of drug-likeness (QED) is 0.753. The molecule has 2 N–H and O–H groups in total. The Kier molecular flexibility index (Phi) is 2.83. The van der Waals surface area contributed by atoms with Gasteiger partial charge in [0, 0.05) is 9.75 Å². The molecule has 4 heteroatoms. The first-order valence-corrected chi connectivity index (χ1v) is 4.37. The van der Waals surface area contributed by atoms with Gasteiger partial charge in [0.15, 0.2) is 0 Å². The predicted octanol–water partition coefficient (Wildman–Crippen LogP) is 1.56. The van der Waals surface area contributed by atoms with Crippen molar-refractivity contribution in [3.8, 4) is 0 Å². The average molecular weight is 186 g/mol. The highest BCUT2D eigenvalue weighted by Gasteiger charge is 2.13. The van der Waals surface area contributed by atoms with Crippen molar-refractivity contribution < 1.29 is 15.0 Å². The zero-order chi connectivity index (χ0) is 9.14. The molecule has 0 fully saturated rings. The molecule has 0 aliphatic heterocycles. The van der Waals surface area contributed by atoms with Crippen molar-refractivity contribution in [3.05, 3.63) is 21.9 Å². The fraction of sp³-hybridized carbons (Fsp3) is 0.375. The molecule has 0 aromatic carbocycles. The highest BCUT2D eigenvalue weighted by Crippen LogP contribution is 2.24. The molecule has 1 aromatic heterocycles. The maximum absolute atomic E-state index is 10.2. The minimum Gasteiger partial charge on any atom is -0.481 e. The molecule has 66 valence electrons. The number of aryl methyl sites for hydroxylation is 1. The lowest BCUT2D eigenvalue weighted by Gasteiger charge is -2.03. The normalized spacial score (nSPS) is 12.8. The standard InChI is InChI=1S/C8H10O3S/c1-5-2-3-7(12-5)6(9)4-8(10)11/h2-3,6,9H,4H2,1H3,(H,10,11). The summed E-state index contributed by atoms with van der Waals surface area (Å²) in [7, 11) is 0. The molecule has 0 aliphatic rings. The number of carboxylic acid groups (broad SMARTS) is 1. The van der Waals surface area contributed by atoms with E-state index in [1.807, 2.05) is 13.0 Å². The van der Waals surface area contributed by atoms with Gasteiger partial charge in [-0.3, -0.25) is 4.79 Å². The van der Waals surface area contributed by atoms with Crippen LogP contribution in [0.3, 0.4) is 0 Å². The lowest BCUT2D eigenvalue weighted by Crippen LogP contribution is -2.03. The van der Waals surface area contributed by atoms with Crippen molar-refractivity contribution in [2.45, 2.75) is 19.4 Å². The van der Waals surface area contributed by atoms with Crippen molar-refractivity contribution in [2.24, 2.45) is 0 Å². The van der Waals surface area contributed by atoms with Crippen LogP contribution in [-0.4, -0.2) is 16.2 Å². The van der Waals surface area contributed by atoms with Crippen molar-refractivity contribution in [1.82, 2.24) is 0 Å². The van der Waals surface area contributed by atoms with E-state index in [1.165, 1.54) is 11.3 Å².